The fraction of sp³-hybridized carbons (Fsp3) is 0.500. The van der Waals surface area contributed by atoms with Crippen LogP contribution in [0.25, 0.3) is 0 Å². The molecule has 4 heavy (non-hydrogen) atoms. The van der Waals surface area contributed by atoms with E-state index < -0.39 is 0 Å². The summed E-state index contributed by atoms with van der Waals surface area (Å²) < 4.78 is 0. The zero-order valence-electron chi connectivity index (χ0n) is 2.89. The number of hydrogen-bond acceptors (Lipinski definition) is 0. The third-order valence-corrected chi connectivity index (χ3v) is 0. The Kier molecular flexibility index (Phi) is 155. The summed E-state index contributed by atoms with van der Waals surface area (Å²) in [5.74, 6) is 0. The average molecular weight is 258 g/mol. The third-order valence-electron chi connectivity index (χ3n) is 0. The van der Waals surface area contributed by atoms with Crippen molar-refractivity contribution in [1.82, 2.24) is 0 Å². The van der Waals surface area contributed by atoms with Gasteiger partial charge < -0.3 is 7.43 Å². The van der Waals surface area contributed by atoms with Gasteiger partial charge in [-0.2, -0.15) is 0 Å². The molecule has 0 rings (SSSR count). The van der Waals surface area contributed by atoms with Crippen LogP contribution in [0.3, 0.4) is 0 Å². The van der Waals surface area contributed by atoms with Crippen molar-refractivity contribution in [3.05, 3.63) is 7.43 Å². The molecule has 0 heterocycles. The fourth-order valence-corrected chi connectivity index (χ4v) is 0. The maximum atomic E-state index is 2.42. The van der Waals surface area contributed by atoms with Gasteiger partial charge in [0.1, 0.15) is 0 Å². The Morgan fingerprint density at radius 1 is 1.25 bits per heavy atom. The second-order valence-electron chi connectivity index (χ2n) is 0. The maximum absolute atomic E-state index is 2.42. The summed E-state index contributed by atoms with van der Waals surface area (Å²) in [5, 5.41) is 0. The molecule has 0 aromatic heterocycles. The molecule has 0 aromatic carbocycles. The van der Waals surface area contributed by atoms with Crippen LogP contribution in [-0.4, -0.2) is 6.66 Å². The van der Waals surface area contributed by atoms with E-state index in [-0.39, 0.29) is 28.5 Å². The first-order valence-corrected chi connectivity index (χ1v) is 1.73. The second-order valence-corrected chi connectivity index (χ2v) is 0. The molecule has 32 valence electrons. The molecule has 0 radical (unpaired) electrons. The normalized spacial score (nSPS) is 1.50. The standard InChI is InChI=1S/CH5P.CH3.Pt/c1-2;;/h2H2,1H3;1H3;/q;-1;. The molecule has 0 saturated heterocycles. The van der Waals surface area contributed by atoms with E-state index in [2.05, 4.69) is 9.24 Å². The van der Waals surface area contributed by atoms with Crippen LogP contribution < -0.4 is 0 Å². The number of hydrogen-bond donors (Lipinski definition) is 0. The van der Waals surface area contributed by atoms with Crippen molar-refractivity contribution in [2.75, 3.05) is 6.66 Å². The van der Waals surface area contributed by atoms with Gasteiger partial charge >= 0.3 is 0 Å². The van der Waals surface area contributed by atoms with Gasteiger partial charge in [-0.25, -0.2) is 0 Å². The van der Waals surface area contributed by atoms with Crippen molar-refractivity contribution in [3.8, 4) is 0 Å². The predicted molar refractivity (Wildman–Crippen MR) is 22.0 cm³/mol. The van der Waals surface area contributed by atoms with Gasteiger partial charge in [0.25, 0.3) is 0 Å². The molecule has 0 N–H and O–H groups in total. The molecular weight excluding hydrogens is 250 g/mol. The van der Waals surface area contributed by atoms with Crippen molar-refractivity contribution < 1.29 is 21.1 Å². The summed E-state index contributed by atoms with van der Waals surface area (Å²) >= 11 is 0. The minimum atomic E-state index is 0. The van der Waals surface area contributed by atoms with E-state index in [1.165, 1.54) is 0 Å². The van der Waals surface area contributed by atoms with Gasteiger partial charge in [-0.05, 0) is 0 Å². The Bertz CT molecular complexity index is 6.00. The molecule has 0 bridgehead atoms. The first-order valence-electron chi connectivity index (χ1n) is 0.577. The topological polar surface area (TPSA) is 0 Å². The third kappa shape index (κ3) is 11.2. The average Bonchev–Trinajstić information content (AvgIpc) is 1.00. The van der Waals surface area contributed by atoms with Crippen molar-refractivity contribution in [3.63, 3.8) is 0 Å². The summed E-state index contributed by atoms with van der Waals surface area (Å²) in [5.41, 5.74) is 0. The van der Waals surface area contributed by atoms with Crippen LogP contribution in [0.4, 0.5) is 0 Å². The Balaban J connectivity index is -0.00000000500. The summed E-state index contributed by atoms with van der Waals surface area (Å²) in [6, 6.07) is 0. The molecular formula is C2H8PPt-. The number of rotatable bonds is 0. The van der Waals surface area contributed by atoms with E-state index in [1.54, 1.807) is 0 Å². The van der Waals surface area contributed by atoms with Crippen LogP contribution in [0, 0.1) is 7.43 Å². The zero-order valence-corrected chi connectivity index (χ0v) is 6.32. The quantitative estimate of drug-likeness (QED) is 0.448. The molecule has 2 heteroatoms. The Hall–Kier alpha value is 1.12. The predicted octanol–water partition coefficient (Wildman–Crippen LogP) is 0.939. The molecule has 0 spiro atoms. The summed E-state index contributed by atoms with van der Waals surface area (Å²) in [6.07, 6.45) is 0. The maximum Gasteiger partial charge on any atom is 0 e. The molecule has 0 aliphatic carbocycles. The summed E-state index contributed by atoms with van der Waals surface area (Å²) in [4.78, 5) is 0. The molecule has 0 fully saturated rings. The molecule has 0 amide bonds. The first-order chi connectivity index (χ1) is 1.00. The summed E-state index contributed by atoms with van der Waals surface area (Å²) in [7, 11) is 2.42. The van der Waals surface area contributed by atoms with Crippen LogP contribution in [0.15, 0.2) is 0 Å². The van der Waals surface area contributed by atoms with Crippen LogP contribution in [0.5, 0.6) is 0 Å². The van der Waals surface area contributed by atoms with Gasteiger partial charge in [0.05, 0.1) is 0 Å². The molecule has 0 saturated carbocycles. The zero-order chi connectivity index (χ0) is 2.00. The minimum absolute atomic E-state index is 0. The van der Waals surface area contributed by atoms with E-state index in [9.17, 15) is 0 Å². The van der Waals surface area contributed by atoms with E-state index in [1.807, 2.05) is 6.66 Å². The van der Waals surface area contributed by atoms with E-state index in [0.717, 1.165) is 0 Å². The Morgan fingerprint density at radius 2 is 1.25 bits per heavy atom. The van der Waals surface area contributed by atoms with Crippen LogP contribution >= 0.6 is 9.24 Å². The van der Waals surface area contributed by atoms with Crippen molar-refractivity contribution in [1.29, 1.82) is 0 Å². The molecule has 0 nitrogen and oxygen atoms in total. The van der Waals surface area contributed by atoms with E-state index in [0.29, 0.717) is 0 Å². The summed E-state index contributed by atoms with van der Waals surface area (Å²) in [6.45, 7) is 1.92. The Morgan fingerprint density at radius 3 is 1.25 bits per heavy atom. The van der Waals surface area contributed by atoms with E-state index >= 15 is 0 Å². The molecule has 1 unspecified atom stereocenters. The smallest absolute Gasteiger partial charge is 0 e. The van der Waals surface area contributed by atoms with Crippen LogP contribution in [-0.2, 0) is 21.1 Å². The van der Waals surface area contributed by atoms with E-state index in [4.69, 9.17) is 0 Å². The van der Waals surface area contributed by atoms with Gasteiger partial charge in [0.15, 0.2) is 0 Å². The van der Waals surface area contributed by atoms with Crippen molar-refractivity contribution in [2.45, 2.75) is 0 Å². The second kappa shape index (κ2) is 32.0. The molecule has 0 aliphatic heterocycles. The molecule has 1 atom stereocenters. The molecule has 0 aromatic rings. The SMILES string of the molecule is CP.[CH3-].[Pt]. The van der Waals surface area contributed by atoms with Crippen molar-refractivity contribution in [2.24, 2.45) is 0 Å². The van der Waals surface area contributed by atoms with Gasteiger partial charge in [-0.3, -0.25) is 0 Å². The van der Waals surface area contributed by atoms with Crippen LogP contribution in [0.2, 0.25) is 0 Å². The van der Waals surface area contributed by atoms with Gasteiger partial charge in [0, 0.05) is 21.1 Å². The van der Waals surface area contributed by atoms with Crippen LogP contribution in [0.1, 0.15) is 0 Å². The molecule has 0 aliphatic rings. The Labute approximate surface area is 44.8 Å². The van der Waals surface area contributed by atoms with Gasteiger partial charge in [0.2, 0.25) is 0 Å². The van der Waals surface area contributed by atoms with Crippen molar-refractivity contribution >= 4 is 9.24 Å². The largest absolute Gasteiger partial charge is 0.358 e. The monoisotopic (exact) mass is 258 g/mol. The van der Waals surface area contributed by atoms with Gasteiger partial charge in [-0.15, -0.1) is 9.24 Å². The first kappa shape index (κ1) is 19.3. The fourth-order valence-electron chi connectivity index (χ4n) is 0. The minimum Gasteiger partial charge on any atom is -0.358 e. The van der Waals surface area contributed by atoms with Gasteiger partial charge in [-0.1, -0.05) is 6.66 Å².